The summed E-state index contributed by atoms with van der Waals surface area (Å²) in [5.74, 6) is 0.167. The Bertz CT molecular complexity index is 506. The average molecular weight is 366 g/mol. The topological polar surface area (TPSA) is 37.4 Å². The van der Waals surface area contributed by atoms with Gasteiger partial charge >= 0.3 is 0 Å². The van der Waals surface area contributed by atoms with E-state index in [2.05, 4.69) is 15.9 Å². The third-order valence-electron chi connectivity index (χ3n) is 4.41. The zero-order valence-electron chi connectivity index (χ0n) is 13.2. The fraction of sp³-hybridized carbons (Fsp3) is 0.556. The van der Waals surface area contributed by atoms with Gasteiger partial charge in [0.05, 0.1) is 0 Å². The first kappa shape index (κ1) is 17.2. The van der Waals surface area contributed by atoms with Gasteiger partial charge in [-0.05, 0) is 31.9 Å². The Hall–Kier alpha value is -1.16. The first-order valence-corrected chi connectivity index (χ1v) is 8.99. The normalized spacial score (nSPS) is 15.5. The lowest BCUT2D eigenvalue weighted by molar-refractivity contribution is -0.133. The van der Waals surface area contributed by atoms with Gasteiger partial charge in [0.2, 0.25) is 5.91 Å². The maximum Gasteiger partial charge on any atom is 0.223 e. The molecule has 0 spiro atoms. The first-order valence-electron chi connectivity index (χ1n) is 8.20. The van der Waals surface area contributed by atoms with Crippen molar-refractivity contribution in [2.24, 2.45) is 0 Å². The zero-order valence-corrected chi connectivity index (χ0v) is 14.8. The molecule has 0 radical (unpaired) electrons. The van der Waals surface area contributed by atoms with Crippen LogP contribution < -0.4 is 0 Å². The molecule has 22 heavy (non-hydrogen) atoms. The van der Waals surface area contributed by atoms with Crippen LogP contribution in [0.25, 0.3) is 0 Å². The van der Waals surface area contributed by atoms with Gasteiger partial charge in [-0.1, -0.05) is 47.3 Å². The number of benzene rings is 1. The van der Waals surface area contributed by atoms with E-state index in [9.17, 15) is 9.59 Å². The number of hydrogen-bond donors (Lipinski definition) is 0. The molecule has 1 fully saturated rings. The molecular weight excluding hydrogens is 342 g/mol. The lowest BCUT2D eigenvalue weighted by Gasteiger charge is -2.33. The fourth-order valence-electron chi connectivity index (χ4n) is 3.18. The molecule has 120 valence electrons. The van der Waals surface area contributed by atoms with Crippen molar-refractivity contribution < 1.29 is 9.59 Å². The summed E-state index contributed by atoms with van der Waals surface area (Å²) in [4.78, 5) is 26.6. The van der Waals surface area contributed by atoms with E-state index in [0.29, 0.717) is 24.4 Å². The molecule has 1 aromatic carbocycles. The Morgan fingerprint density at radius 3 is 2.32 bits per heavy atom. The number of hydrogen-bond acceptors (Lipinski definition) is 2. The maximum absolute atomic E-state index is 12.4. The summed E-state index contributed by atoms with van der Waals surface area (Å²) in [6.45, 7) is 2.78. The Kier molecular flexibility index (Phi) is 6.62. The highest BCUT2D eigenvalue weighted by Gasteiger charge is 2.24. The fourth-order valence-corrected chi connectivity index (χ4v) is 3.44. The van der Waals surface area contributed by atoms with E-state index in [1.165, 1.54) is 19.3 Å². The van der Waals surface area contributed by atoms with Crippen molar-refractivity contribution in [3.8, 4) is 0 Å². The van der Waals surface area contributed by atoms with Gasteiger partial charge in [0.25, 0.3) is 0 Å². The highest BCUT2D eigenvalue weighted by atomic mass is 79.9. The predicted molar refractivity (Wildman–Crippen MR) is 92.0 cm³/mol. The second-order valence-corrected chi connectivity index (χ2v) is 6.82. The van der Waals surface area contributed by atoms with Crippen LogP contribution in [0, 0.1) is 0 Å². The molecule has 0 N–H and O–H groups in total. The molecule has 0 atom stereocenters. The minimum Gasteiger partial charge on any atom is -0.340 e. The van der Waals surface area contributed by atoms with Crippen molar-refractivity contribution in [1.29, 1.82) is 0 Å². The van der Waals surface area contributed by atoms with Crippen LogP contribution in [0.3, 0.4) is 0 Å². The average Bonchev–Trinajstić information content (AvgIpc) is 2.55. The summed E-state index contributed by atoms with van der Waals surface area (Å²) in [6, 6.07) is 7.70. The molecule has 1 saturated carbocycles. The molecule has 1 amide bonds. The van der Waals surface area contributed by atoms with Gasteiger partial charge in [-0.25, -0.2) is 0 Å². The van der Waals surface area contributed by atoms with Gasteiger partial charge in [-0.15, -0.1) is 0 Å². The second kappa shape index (κ2) is 8.47. The number of carbonyl (C=O) groups is 2. The number of halogens is 1. The van der Waals surface area contributed by atoms with E-state index in [1.54, 1.807) is 12.1 Å². The number of nitrogens with zero attached hydrogens (tertiary/aromatic N) is 1. The van der Waals surface area contributed by atoms with Crippen molar-refractivity contribution in [3.63, 3.8) is 0 Å². The van der Waals surface area contributed by atoms with Crippen molar-refractivity contribution in [2.75, 3.05) is 6.54 Å². The van der Waals surface area contributed by atoms with E-state index < -0.39 is 0 Å². The number of rotatable bonds is 6. The van der Waals surface area contributed by atoms with Crippen LogP contribution in [0.2, 0.25) is 0 Å². The highest BCUT2D eigenvalue weighted by molar-refractivity contribution is 9.10. The van der Waals surface area contributed by atoms with Crippen molar-refractivity contribution in [3.05, 3.63) is 34.3 Å². The smallest absolute Gasteiger partial charge is 0.223 e. The highest BCUT2D eigenvalue weighted by Crippen LogP contribution is 2.23. The van der Waals surface area contributed by atoms with Crippen molar-refractivity contribution in [2.45, 2.75) is 57.9 Å². The largest absolute Gasteiger partial charge is 0.340 e. The molecule has 1 aromatic rings. The van der Waals surface area contributed by atoms with E-state index >= 15 is 0 Å². The lowest BCUT2D eigenvalue weighted by atomic mass is 9.93. The van der Waals surface area contributed by atoms with Crippen molar-refractivity contribution in [1.82, 2.24) is 4.90 Å². The van der Waals surface area contributed by atoms with Crippen LogP contribution in [0.4, 0.5) is 0 Å². The van der Waals surface area contributed by atoms with Gasteiger partial charge in [-0.2, -0.15) is 0 Å². The maximum atomic E-state index is 12.4. The molecule has 0 aromatic heterocycles. The van der Waals surface area contributed by atoms with Crippen LogP contribution >= 0.6 is 15.9 Å². The summed E-state index contributed by atoms with van der Waals surface area (Å²) in [6.07, 6.45) is 6.55. The number of Topliss-reactive ketones (excluding diaryl/α,β-unsaturated/α-hetero) is 1. The Morgan fingerprint density at radius 1 is 1.09 bits per heavy atom. The monoisotopic (exact) mass is 365 g/mol. The van der Waals surface area contributed by atoms with Gasteiger partial charge < -0.3 is 4.90 Å². The molecular formula is C18H24BrNO2. The molecule has 0 unspecified atom stereocenters. The second-order valence-electron chi connectivity index (χ2n) is 5.90. The summed E-state index contributed by atoms with van der Waals surface area (Å²) in [7, 11) is 0. The summed E-state index contributed by atoms with van der Waals surface area (Å²) >= 11 is 3.36. The van der Waals surface area contributed by atoms with Crippen LogP contribution in [0.15, 0.2) is 28.7 Å². The zero-order chi connectivity index (χ0) is 15.9. The molecule has 0 heterocycles. The molecule has 1 aliphatic carbocycles. The Morgan fingerprint density at radius 2 is 1.73 bits per heavy atom. The predicted octanol–water partition coefficient (Wildman–Crippen LogP) is 4.59. The number of carbonyl (C=O) groups excluding carboxylic acids is 2. The minimum atomic E-state index is 0.0422. The standard InChI is InChI=1S/C18H24BrNO2/c1-2-20(16-6-4-3-5-7-16)18(22)13-12-17(21)14-8-10-15(19)11-9-14/h8-11,16H,2-7,12-13H2,1H3. The SMILES string of the molecule is CCN(C(=O)CCC(=O)c1ccc(Br)cc1)C1CCCCC1. The quantitative estimate of drug-likeness (QED) is 0.691. The number of ketones is 1. The van der Waals surface area contributed by atoms with Crippen molar-refractivity contribution >= 4 is 27.6 Å². The summed E-state index contributed by atoms with van der Waals surface area (Å²) in [5.41, 5.74) is 0.678. The van der Waals surface area contributed by atoms with E-state index in [-0.39, 0.29) is 11.7 Å². The summed E-state index contributed by atoms with van der Waals surface area (Å²) < 4.78 is 0.953. The van der Waals surface area contributed by atoms with Gasteiger partial charge in [-0.3, -0.25) is 9.59 Å². The molecule has 3 nitrogen and oxygen atoms in total. The van der Waals surface area contributed by atoms with E-state index in [0.717, 1.165) is 23.9 Å². The Balaban J connectivity index is 1.87. The first-order chi connectivity index (χ1) is 10.6. The van der Waals surface area contributed by atoms with Crippen LogP contribution in [-0.4, -0.2) is 29.2 Å². The van der Waals surface area contributed by atoms with Crippen LogP contribution in [-0.2, 0) is 4.79 Å². The molecule has 0 saturated heterocycles. The molecule has 0 bridgehead atoms. The van der Waals surface area contributed by atoms with Gasteiger partial charge in [0, 0.05) is 35.5 Å². The van der Waals surface area contributed by atoms with Gasteiger partial charge in [0.15, 0.2) is 5.78 Å². The van der Waals surface area contributed by atoms with E-state index in [1.807, 2.05) is 24.0 Å². The Labute approximate surface area is 141 Å². The molecule has 4 heteroatoms. The lowest BCUT2D eigenvalue weighted by Crippen LogP contribution is -2.41. The third-order valence-corrected chi connectivity index (χ3v) is 4.94. The van der Waals surface area contributed by atoms with Crippen LogP contribution in [0.5, 0.6) is 0 Å². The molecule has 2 rings (SSSR count). The minimum absolute atomic E-state index is 0.0422. The molecule has 0 aliphatic heterocycles. The molecule has 1 aliphatic rings. The summed E-state index contributed by atoms with van der Waals surface area (Å²) in [5, 5.41) is 0. The van der Waals surface area contributed by atoms with E-state index in [4.69, 9.17) is 0 Å². The van der Waals surface area contributed by atoms with Crippen LogP contribution in [0.1, 0.15) is 62.2 Å². The third kappa shape index (κ3) is 4.67. The number of amides is 1. The van der Waals surface area contributed by atoms with Gasteiger partial charge in [0.1, 0.15) is 0 Å².